The van der Waals surface area contributed by atoms with Crippen LogP contribution in [0.2, 0.25) is 5.02 Å². The molecule has 1 aromatic carbocycles. The summed E-state index contributed by atoms with van der Waals surface area (Å²) in [5, 5.41) is 1.56. The van der Waals surface area contributed by atoms with Gasteiger partial charge >= 0.3 is 12.2 Å². The molecule has 32 heavy (non-hydrogen) atoms. The Kier molecular flexibility index (Phi) is 10.1. The van der Waals surface area contributed by atoms with Crippen LogP contribution in [0, 0.1) is 0 Å². The molecule has 0 bridgehead atoms. The number of allylic oxidation sites excluding steroid dienone is 2. The van der Waals surface area contributed by atoms with Crippen LogP contribution in [-0.2, 0) is 19.0 Å². The van der Waals surface area contributed by atoms with E-state index in [2.05, 4.69) is 12.0 Å². The third kappa shape index (κ3) is 7.30. The number of hydrogen-bond acceptors (Lipinski definition) is 7. The number of Topliss-reactive ketones (excluding diaryl/α,β-unsaturated/α-hetero) is 1. The number of anilines is 1. The summed E-state index contributed by atoms with van der Waals surface area (Å²) in [6, 6.07) is 6.62. The van der Waals surface area contributed by atoms with Gasteiger partial charge in [0.1, 0.15) is 5.76 Å². The Bertz CT molecular complexity index is 866. The smallest absolute Gasteiger partial charge is 0.448 e. The van der Waals surface area contributed by atoms with Gasteiger partial charge in [-0.2, -0.15) is 5.01 Å². The lowest BCUT2D eigenvalue weighted by molar-refractivity contribution is -0.114. The lowest BCUT2D eigenvalue weighted by atomic mass is 10.1. The zero-order chi connectivity index (χ0) is 23.5. The Balaban J connectivity index is 2.25. The second kappa shape index (κ2) is 12.8. The average molecular weight is 465 g/mol. The predicted molar refractivity (Wildman–Crippen MR) is 121 cm³/mol. The van der Waals surface area contributed by atoms with E-state index in [-0.39, 0.29) is 48.9 Å². The minimum Gasteiger partial charge on any atom is -0.448 e. The van der Waals surface area contributed by atoms with Crippen molar-refractivity contribution in [1.82, 2.24) is 5.01 Å². The first-order chi connectivity index (χ1) is 15.4. The van der Waals surface area contributed by atoms with Crippen molar-refractivity contribution in [3.63, 3.8) is 0 Å². The fourth-order valence-electron chi connectivity index (χ4n) is 2.84. The monoisotopic (exact) mass is 464 g/mol. The maximum atomic E-state index is 12.8. The first-order valence-electron chi connectivity index (χ1n) is 10.7. The molecule has 1 aromatic rings. The summed E-state index contributed by atoms with van der Waals surface area (Å²) in [4.78, 5) is 37.4. The van der Waals surface area contributed by atoms with Crippen molar-refractivity contribution in [2.75, 3.05) is 18.6 Å². The molecule has 1 N–H and O–H groups in total. The molecule has 0 heterocycles. The Hall–Kier alpha value is -3.00. The van der Waals surface area contributed by atoms with Crippen LogP contribution in [0.15, 0.2) is 47.9 Å². The van der Waals surface area contributed by atoms with Crippen molar-refractivity contribution in [2.24, 2.45) is 0 Å². The molecule has 1 amide bonds. The molecule has 2 rings (SSSR count). The van der Waals surface area contributed by atoms with Crippen molar-refractivity contribution >= 4 is 35.3 Å². The van der Waals surface area contributed by atoms with Crippen LogP contribution in [0.3, 0.4) is 0 Å². The minimum absolute atomic E-state index is 0.0142. The van der Waals surface area contributed by atoms with E-state index in [1.165, 1.54) is 0 Å². The van der Waals surface area contributed by atoms with Gasteiger partial charge in [0.2, 0.25) is 0 Å². The molecule has 0 atom stereocenters. The lowest BCUT2D eigenvalue weighted by Gasteiger charge is -2.26. The molecule has 9 heteroatoms. The molecular weight excluding hydrogens is 436 g/mol. The molecule has 0 saturated heterocycles. The fraction of sp³-hybridized carbons (Fsp3) is 0.435. The number of ketones is 1. The number of amides is 1. The van der Waals surface area contributed by atoms with Gasteiger partial charge in [-0.15, -0.1) is 0 Å². The highest BCUT2D eigenvalue weighted by atomic mass is 35.5. The molecule has 8 nitrogen and oxygen atoms in total. The van der Waals surface area contributed by atoms with Crippen LogP contribution < -0.4 is 5.43 Å². The number of benzene rings is 1. The van der Waals surface area contributed by atoms with Gasteiger partial charge in [0.25, 0.3) is 0 Å². The molecule has 0 radical (unpaired) electrons. The van der Waals surface area contributed by atoms with Crippen molar-refractivity contribution < 1.29 is 28.6 Å². The van der Waals surface area contributed by atoms with Gasteiger partial charge in [-0.25, -0.2) is 9.59 Å². The van der Waals surface area contributed by atoms with Gasteiger partial charge in [0.15, 0.2) is 5.78 Å². The van der Waals surface area contributed by atoms with Crippen molar-refractivity contribution in [2.45, 2.75) is 52.4 Å². The van der Waals surface area contributed by atoms with E-state index < -0.39 is 12.2 Å². The van der Waals surface area contributed by atoms with Crippen LogP contribution in [0.4, 0.5) is 15.3 Å². The zero-order valence-corrected chi connectivity index (χ0v) is 19.2. The topological polar surface area (TPSA) is 94.2 Å². The van der Waals surface area contributed by atoms with Gasteiger partial charge in [-0.05, 0) is 37.1 Å². The van der Waals surface area contributed by atoms with Crippen LogP contribution >= 0.6 is 11.6 Å². The first-order valence-corrected chi connectivity index (χ1v) is 11.0. The predicted octanol–water partition coefficient (Wildman–Crippen LogP) is 5.99. The third-order valence-electron chi connectivity index (χ3n) is 4.61. The summed E-state index contributed by atoms with van der Waals surface area (Å²) < 4.78 is 15.6. The van der Waals surface area contributed by atoms with E-state index in [1.807, 2.05) is 13.8 Å². The number of ether oxygens (including phenoxy) is 3. The first kappa shape index (κ1) is 25.3. The number of carbonyl (C=O) groups is 3. The quantitative estimate of drug-likeness (QED) is 0.244. The van der Waals surface area contributed by atoms with Crippen LogP contribution in [0.25, 0.3) is 0 Å². The number of hydrogen-bond donors (Lipinski definition) is 1. The van der Waals surface area contributed by atoms with Crippen molar-refractivity contribution in [1.29, 1.82) is 0 Å². The lowest BCUT2D eigenvalue weighted by Crippen LogP contribution is -2.37. The second-order valence-corrected chi connectivity index (χ2v) is 7.58. The molecule has 0 unspecified atom stereocenters. The number of halogens is 1. The molecule has 1 aliphatic carbocycles. The molecule has 1 aliphatic rings. The van der Waals surface area contributed by atoms with Crippen LogP contribution in [-0.4, -0.2) is 36.3 Å². The number of hydrazine groups is 1. The Morgan fingerprint density at radius 2 is 1.69 bits per heavy atom. The Morgan fingerprint density at radius 3 is 2.31 bits per heavy atom. The summed E-state index contributed by atoms with van der Waals surface area (Å²) in [5.74, 6) is -0.179. The Labute approximate surface area is 193 Å². The second-order valence-electron chi connectivity index (χ2n) is 7.14. The molecule has 0 saturated carbocycles. The van der Waals surface area contributed by atoms with Gasteiger partial charge in [0.05, 0.1) is 30.2 Å². The molecule has 174 valence electrons. The van der Waals surface area contributed by atoms with Crippen molar-refractivity contribution in [3.8, 4) is 0 Å². The van der Waals surface area contributed by atoms with Crippen molar-refractivity contribution in [3.05, 3.63) is 52.9 Å². The molecule has 0 aromatic heterocycles. The standard InChI is InChI=1S/C23H29ClN2O6/c1-4-6-14-30-22(28)26(25-18-10-8-17(24)9-11-18)16(3)21-19(27)12-13-20(21)32-23(29)31-15-7-5-2/h8-11,25H,3-7,12-15H2,1-2H3. The number of nitrogens with zero attached hydrogens (tertiary/aromatic N) is 1. The van der Waals surface area contributed by atoms with Crippen LogP contribution in [0.5, 0.6) is 0 Å². The zero-order valence-electron chi connectivity index (χ0n) is 18.4. The summed E-state index contributed by atoms with van der Waals surface area (Å²) >= 11 is 5.93. The van der Waals surface area contributed by atoms with E-state index >= 15 is 0 Å². The Morgan fingerprint density at radius 1 is 1.06 bits per heavy atom. The SMILES string of the molecule is C=C(C1=C(OC(=O)OCCCC)CCC1=O)N(Nc1ccc(Cl)cc1)C(=O)OCCCC. The molecule has 0 aliphatic heterocycles. The van der Waals surface area contributed by atoms with Gasteiger partial charge in [-0.1, -0.05) is 44.9 Å². The van der Waals surface area contributed by atoms with Gasteiger partial charge < -0.3 is 14.2 Å². The minimum atomic E-state index is -0.892. The van der Waals surface area contributed by atoms with Crippen LogP contribution in [0.1, 0.15) is 52.4 Å². The maximum Gasteiger partial charge on any atom is 0.513 e. The highest BCUT2D eigenvalue weighted by Gasteiger charge is 2.33. The van der Waals surface area contributed by atoms with E-state index in [4.69, 9.17) is 25.8 Å². The third-order valence-corrected chi connectivity index (χ3v) is 4.86. The number of unbranched alkanes of at least 4 members (excludes halogenated alkanes) is 2. The van der Waals surface area contributed by atoms with E-state index in [0.717, 1.165) is 17.9 Å². The molecule has 0 spiro atoms. The van der Waals surface area contributed by atoms with E-state index in [0.29, 0.717) is 23.6 Å². The number of carbonyl (C=O) groups excluding carboxylic acids is 3. The fourth-order valence-corrected chi connectivity index (χ4v) is 2.97. The summed E-state index contributed by atoms with van der Waals surface area (Å²) in [6.45, 7) is 8.29. The van der Waals surface area contributed by atoms with Gasteiger partial charge in [-0.3, -0.25) is 10.2 Å². The average Bonchev–Trinajstić information content (AvgIpc) is 3.12. The largest absolute Gasteiger partial charge is 0.513 e. The highest BCUT2D eigenvalue weighted by molar-refractivity contribution is 6.30. The number of rotatable bonds is 11. The number of nitrogens with one attached hydrogen (secondary N) is 1. The normalized spacial score (nSPS) is 13.0. The van der Waals surface area contributed by atoms with E-state index in [9.17, 15) is 14.4 Å². The molecule has 0 fully saturated rings. The molecular formula is C23H29ClN2O6. The highest BCUT2D eigenvalue weighted by Crippen LogP contribution is 2.31. The van der Waals surface area contributed by atoms with Gasteiger partial charge in [0, 0.05) is 17.9 Å². The summed E-state index contributed by atoms with van der Waals surface area (Å²) in [7, 11) is 0. The van der Waals surface area contributed by atoms with E-state index in [1.54, 1.807) is 24.3 Å². The summed E-state index contributed by atoms with van der Waals surface area (Å²) in [6.07, 6.45) is 1.80. The maximum absolute atomic E-state index is 12.8. The summed E-state index contributed by atoms with van der Waals surface area (Å²) in [5.41, 5.74) is 3.47.